The van der Waals surface area contributed by atoms with Gasteiger partial charge in [0.1, 0.15) is 11.6 Å². The molecule has 0 aliphatic rings. The Balaban J connectivity index is 1.81. The molecule has 2 aromatic heterocycles. The second-order valence-corrected chi connectivity index (χ2v) is 6.44. The molecule has 0 aliphatic heterocycles. The molecule has 3 aromatic carbocycles. The quantitative estimate of drug-likeness (QED) is 0.517. The molecule has 130 valence electrons. The molecule has 0 spiro atoms. The average Bonchev–Trinajstić information content (AvgIpc) is 3.12. The van der Waals surface area contributed by atoms with Crippen molar-refractivity contribution in [1.82, 2.24) is 19.5 Å². The van der Waals surface area contributed by atoms with E-state index in [1.807, 2.05) is 79.7 Å². The third-order valence-corrected chi connectivity index (χ3v) is 4.73. The number of H-pyrrole nitrogens is 1. The molecule has 5 rings (SSSR count). The first-order valence-electron chi connectivity index (χ1n) is 8.75. The van der Waals surface area contributed by atoms with Crippen LogP contribution in [0.25, 0.3) is 39.0 Å². The summed E-state index contributed by atoms with van der Waals surface area (Å²) >= 11 is 0. The number of aryl methyl sites for hydroxylation is 1. The van der Waals surface area contributed by atoms with Crippen LogP contribution in [0.2, 0.25) is 0 Å². The molecular weight excluding hydrogens is 336 g/mol. The van der Waals surface area contributed by atoms with Gasteiger partial charge in [-0.2, -0.15) is 0 Å². The summed E-state index contributed by atoms with van der Waals surface area (Å²) < 4.78 is 1.66. The Hall–Kier alpha value is -3.73. The molecule has 0 aliphatic carbocycles. The first kappa shape index (κ1) is 15.5. The van der Waals surface area contributed by atoms with Gasteiger partial charge in [0, 0.05) is 5.56 Å². The third-order valence-electron chi connectivity index (χ3n) is 4.73. The van der Waals surface area contributed by atoms with Gasteiger partial charge in [-0.15, -0.1) is 0 Å². The van der Waals surface area contributed by atoms with Gasteiger partial charge in [-0.3, -0.25) is 9.36 Å². The highest BCUT2D eigenvalue weighted by Gasteiger charge is 2.15. The van der Waals surface area contributed by atoms with Crippen molar-refractivity contribution in [3.8, 4) is 17.1 Å². The van der Waals surface area contributed by atoms with Crippen molar-refractivity contribution in [1.29, 1.82) is 0 Å². The fourth-order valence-corrected chi connectivity index (χ4v) is 3.48. The summed E-state index contributed by atoms with van der Waals surface area (Å²) in [6.45, 7) is 1.85. The first-order valence-corrected chi connectivity index (χ1v) is 8.75. The highest BCUT2D eigenvalue weighted by molar-refractivity contribution is 5.82. The number of imidazole rings is 1. The van der Waals surface area contributed by atoms with Crippen LogP contribution in [0.5, 0.6) is 0 Å². The molecule has 0 saturated carbocycles. The summed E-state index contributed by atoms with van der Waals surface area (Å²) in [7, 11) is 0. The highest BCUT2D eigenvalue weighted by atomic mass is 16.1. The molecule has 5 aromatic rings. The van der Waals surface area contributed by atoms with Crippen molar-refractivity contribution < 1.29 is 0 Å². The minimum Gasteiger partial charge on any atom is -0.338 e. The Morgan fingerprint density at radius 3 is 2.37 bits per heavy atom. The second kappa shape index (κ2) is 5.92. The molecule has 5 heteroatoms. The summed E-state index contributed by atoms with van der Waals surface area (Å²) in [5.41, 5.74) is 4.10. The molecule has 27 heavy (non-hydrogen) atoms. The van der Waals surface area contributed by atoms with Gasteiger partial charge in [0.15, 0.2) is 0 Å². The van der Waals surface area contributed by atoms with Crippen molar-refractivity contribution in [2.45, 2.75) is 6.92 Å². The largest absolute Gasteiger partial charge is 0.338 e. The number of para-hydroxylation sites is 4. The maximum absolute atomic E-state index is 13.2. The zero-order valence-corrected chi connectivity index (χ0v) is 14.7. The number of rotatable bonds is 2. The molecule has 2 heterocycles. The summed E-state index contributed by atoms with van der Waals surface area (Å²) in [4.78, 5) is 25.9. The number of aromatic amines is 1. The summed E-state index contributed by atoms with van der Waals surface area (Å²) in [5, 5.41) is 0.600. The van der Waals surface area contributed by atoms with Crippen LogP contribution in [0.4, 0.5) is 0 Å². The van der Waals surface area contributed by atoms with Crippen molar-refractivity contribution in [3.63, 3.8) is 0 Å². The van der Waals surface area contributed by atoms with E-state index in [0.29, 0.717) is 16.7 Å². The van der Waals surface area contributed by atoms with Crippen molar-refractivity contribution in [3.05, 3.63) is 89.0 Å². The Morgan fingerprint density at radius 1 is 0.815 bits per heavy atom. The molecule has 0 saturated heterocycles. The van der Waals surface area contributed by atoms with Crippen LogP contribution < -0.4 is 5.56 Å². The molecule has 5 nitrogen and oxygen atoms in total. The lowest BCUT2D eigenvalue weighted by molar-refractivity contribution is 0.895. The van der Waals surface area contributed by atoms with Crippen molar-refractivity contribution >= 4 is 21.9 Å². The van der Waals surface area contributed by atoms with Gasteiger partial charge >= 0.3 is 0 Å². The van der Waals surface area contributed by atoms with Crippen LogP contribution in [0.3, 0.4) is 0 Å². The van der Waals surface area contributed by atoms with E-state index in [1.165, 1.54) is 0 Å². The van der Waals surface area contributed by atoms with Gasteiger partial charge in [0.05, 0.1) is 27.6 Å². The van der Waals surface area contributed by atoms with E-state index in [4.69, 9.17) is 4.98 Å². The van der Waals surface area contributed by atoms with E-state index >= 15 is 0 Å². The van der Waals surface area contributed by atoms with E-state index in [-0.39, 0.29) is 5.56 Å². The van der Waals surface area contributed by atoms with E-state index in [9.17, 15) is 4.79 Å². The predicted octanol–water partition coefficient (Wildman–Crippen LogP) is 4.24. The molecule has 0 amide bonds. The molecule has 0 unspecified atom stereocenters. The molecule has 0 bridgehead atoms. The van der Waals surface area contributed by atoms with Crippen LogP contribution in [0, 0.1) is 6.92 Å². The van der Waals surface area contributed by atoms with Gasteiger partial charge in [0.2, 0.25) is 0 Å². The van der Waals surface area contributed by atoms with Crippen LogP contribution in [0.1, 0.15) is 5.82 Å². The van der Waals surface area contributed by atoms with E-state index in [1.54, 1.807) is 4.57 Å². The molecular formula is C22H16N4O. The molecule has 0 radical (unpaired) electrons. The fourth-order valence-electron chi connectivity index (χ4n) is 3.48. The standard InChI is InChI=1S/C22H16N4O/c1-14-23-17-10-4-2-8-15(17)22(27)26(14)20-13-7-3-9-16(20)21-24-18-11-5-6-12-19(18)25-21/h2-13H,1H3,(H,24,25). The number of nitrogens with zero attached hydrogens (tertiary/aromatic N) is 3. The van der Waals surface area contributed by atoms with Crippen molar-refractivity contribution in [2.24, 2.45) is 0 Å². The normalized spacial score (nSPS) is 11.3. The Bertz CT molecular complexity index is 1330. The molecule has 1 N–H and O–H groups in total. The Morgan fingerprint density at radius 2 is 1.52 bits per heavy atom. The van der Waals surface area contributed by atoms with Crippen LogP contribution in [0.15, 0.2) is 77.6 Å². The molecule has 0 atom stereocenters. The number of aromatic nitrogens is 4. The Kier molecular flexibility index (Phi) is 3.40. The van der Waals surface area contributed by atoms with Crippen molar-refractivity contribution in [2.75, 3.05) is 0 Å². The minimum atomic E-state index is -0.0818. The topological polar surface area (TPSA) is 63.6 Å². The van der Waals surface area contributed by atoms with E-state index < -0.39 is 0 Å². The zero-order chi connectivity index (χ0) is 18.4. The number of fused-ring (bicyclic) bond motifs is 2. The van der Waals surface area contributed by atoms with E-state index in [0.717, 1.165) is 28.1 Å². The highest BCUT2D eigenvalue weighted by Crippen LogP contribution is 2.26. The predicted molar refractivity (Wildman–Crippen MR) is 107 cm³/mol. The number of hydrogen-bond donors (Lipinski definition) is 1. The van der Waals surface area contributed by atoms with E-state index in [2.05, 4.69) is 9.97 Å². The monoisotopic (exact) mass is 352 g/mol. The number of nitrogens with one attached hydrogen (secondary N) is 1. The SMILES string of the molecule is Cc1nc2ccccc2c(=O)n1-c1ccccc1-c1nc2ccccc2[nH]1. The van der Waals surface area contributed by atoms with Gasteiger partial charge in [-0.05, 0) is 43.3 Å². The van der Waals surface area contributed by atoms with Gasteiger partial charge in [0.25, 0.3) is 5.56 Å². The summed E-state index contributed by atoms with van der Waals surface area (Å²) in [6, 6.07) is 23.1. The maximum Gasteiger partial charge on any atom is 0.265 e. The zero-order valence-electron chi connectivity index (χ0n) is 14.7. The van der Waals surface area contributed by atoms with Gasteiger partial charge in [-0.1, -0.05) is 36.4 Å². The van der Waals surface area contributed by atoms with Crippen LogP contribution in [-0.2, 0) is 0 Å². The molecule has 0 fully saturated rings. The fraction of sp³-hybridized carbons (Fsp3) is 0.0455. The van der Waals surface area contributed by atoms with Gasteiger partial charge in [-0.25, -0.2) is 9.97 Å². The first-order chi connectivity index (χ1) is 13.2. The number of hydrogen-bond acceptors (Lipinski definition) is 3. The number of benzene rings is 3. The maximum atomic E-state index is 13.2. The minimum absolute atomic E-state index is 0.0818. The van der Waals surface area contributed by atoms with Crippen LogP contribution >= 0.6 is 0 Å². The smallest absolute Gasteiger partial charge is 0.265 e. The lowest BCUT2D eigenvalue weighted by atomic mass is 10.1. The Labute approximate surface area is 155 Å². The lowest BCUT2D eigenvalue weighted by Crippen LogP contribution is -2.22. The lowest BCUT2D eigenvalue weighted by Gasteiger charge is -2.14. The second-order valence-electron chi connectivity index (χ2n) is 6.44. The van der Waals surface area contributed by atoms with Gasteiger partial charge < -0.3 is 4.98 Å². The van der Waals surface area contributed by atoms with Crippen LogP contribution in [-0.4, -0.2) is 19.5 Å². The average molecular weight is 352 g/mol. The summed E-state index contributed by atoms with van der Waals surface area (Å²) in [5.74, 6) is 1.37. The summed E-state index contributed by atoms with van der Waals surface area (Å²) in [6.07, 6.45) is 0. The third kappa shape index (κ3) is 2.44.